The van der Waals surface area contributed by atoms with Crippen molar-refractivity contribution in [1.29, 1.82) is 0 Å². The lowest BCUT2D eigenvalue weighted by molar-refractivity contribution is 0.448. The van der Waals surface area contributed by atoms with Gasteiger partial charge in [0.1, 0.15) is 5.82 Å². The monoisotopic (exact) mass is 228 g/mol. The number of hydrogen-bond acceptors (Lipinski definition) is 2. The number of imidazole rings is 1. The van der Waals surface area contributed by atoms with E-state index in [0.29, 0.717) is 5.92 Å². The van der Waals surface area contributed by atoms with Crippen LogP contribution in [0.1, 0.15) is 35.5 Å². The zero-order valence-corrected chi connectivity index (χ0v) is 9.90. The van der Waals surface area contributed by atoms with Crippen molar-refractivity contribution in [3.63, 3.8) is 0 Å². The molecule has 0 radical (unpaired) electrons. The SMILES string of the molecule is CCc1[nH]c(C2Cc3ccccc3C2)nc1O. The van der Waals surface area contributed by atoms with Gasteiger partial charge >= 0.3 is 0 Å². The number of rotatable bonds is 2. The van der Waals surface area contributed by atoms with Crippen LogP contribution in [-0.2, 0) is 19.3 Å². The Bertz CT molecular complexity index is 520. The smallest absolute Gasteiger partial charge is 0.232 e. The van der Waals surface area contributed by atoms with Gasteiger partial charge in [-0.25, -0.2) is 0 Å². The summed E-state index contributed by atoms with van der Waals surface area (Å²) in [4.78, 5) is 7.49. The Kier molecular flexibility index (Phi) is 2.39. The molecule has 2 N–H and O–H groups in total. The van der Waals surface area contributed by atoms with Crippen molar-refractivity contribution >= 4 is 0 Å². The van der Waals surface area contributed by atoms with E-state index in [1.54, 1.807) is 0 Å². The summed E-state index contributed by atoms with van der Waals surface area (Å²) in [5.41, 5.74) is 3.66. The largest absolute Gasteiger partial charge is 0.492 e. The molecule has 0 saturated carbocycles. The Labute approximate surface area is 101 Å². The number of aromatic nitrogens is 2. The van der Waals surface area contributed by atoms with Crippen LogP contribution in [0.15, 0.2) is 24.3 Å². The maximum absolute atomic E-state index is 9.67. The normalized spacial score (nSPS) is 15.1. The summed E-state index contributed by atoms with van der Waals surface area (Å²) < 4.78 is 0. The molecule has 0 unspecified atom stereocenters. The van der Waals surface area contributed by atoms with Gasteiger partial charge in [0.15, 0.2) is 0 Å². The summed E-state index contributed by atoms with van der Waals surface area (Å²) >= 11 is 0. The lowest BCUT2D eigenvalue weighted by Crippen LogP contribution is -2.00. The zero-order chi connectivity index (χ0) is 11.8. The minimum atomic E-state index is 0.165. The standard InChI is InChI=1S/C14H16N2O/c1-2-12-14(17)16-13(15-12)11-7-9-5-3-4-6-10(9)8-11/h3-6,11,17H,2,7-8H2,1H3,(H,15,16). The van der Waals surface area contributed by atoms with Crippen molar-refractivity contribution in [2.45, 2.75) is 32.1 Å². The quantitative estimate of drug-likeness (QED) is 0.830. The van der Waals surface area contributed by atoms with Crippen molar-refractivity contribution < 1.29 is 5.11 Å². The van der Waals surface area contributed by atoms with Gasteiger partial charge in [-0.05, 0) is 30.4 Å². The number of aryl methyl sites for hydroxylation is 1. The van der Waals surface area contributed by atoms with Crippen LogP contribution in [0.2, 0.25) is 0 Å². The first-order chi connectivity index (χ1) is 8.28. The summed E-state index contributed by atoms with van der Waals surface area (Å²) in [7, 11) is 0. The highest BCUT2D eigenvalue weighted by Gasteiger charge is 2.25. The molecule has 3 nitrogen and oxygen atoms in total. The second-order valence-corrected chi connectivity index (χ2v) is 4.65. The van der Waals surface area contributed by atoms with E-state index >= 15 is 0 Å². The maximum Gasteiger partial charge on any atom is 0.232 e. The van der Waals surface area contributed by atoms with Crippen LogP contribution in [0, 0.1) is 0 Å². The summed E-state index contributed by atoms with van der Waals surface area (Å²) in [5, 5.41) is 9.67. The number of nitrogens with one attached hydrogen (secondary N) is 1. The molecule has 0 fully saturated rings. The van der Waals surface area contributed by atoms with E-state index in [0.717, 1.165) is 30.8 Å². The number of fused-ring (bicyclic) bond motifs is 1. The molecule has 0 aliphatic heterocycles. The average molecular weight is 228 g/mol. The van der Waals surface area contributed by atoms with E-state index < -0.39 is 0 Å². The van der Waals surface area contributed by atoms with Gasteiger partial charge in [-0.15, -0.1) is 0 Å². The van der Waals surface area contributed by atoms with E-state index in [-0.39, 0.29) is 5.88 Å². The molecule has 88 valence electrons. The number of aromatic amines is 1. The van der Waals surface area contributed by atoms with E-state index in [1.165, 1.54) is 11.1 Å². The van der Waals surface area contributed by atoms with Gasteiger partial charge in [-0.1, -0.05) is 31.2 Å². The van der Waals surface area contributed by atoms with Crippen molar-refractivity contribution in [2.75, 3.05) is 0 Å². The van der Waals surface area contributed by atoms with Crippen molar-refractivity contribution in [3.8, 4) is 5.88 Å². The highest BCUT2D eigenvalue weighted by Crippen LogP contribution is 2.33. The molecule has 0 spiro atoms. The minimum absolute atomic E-state index is 0.165. The first-order valence-electron chi connectivity index (χ1n) is 6.12. The molecule has 1 aliphatic carbocycles. The topological polar surface area (TPSA) is 48.9 Å². The van der Waals surface area contributed by atoms with Crippen LogP contribution >= 0.6 is 0 Å². The fraction of sp³-hybridized carbons (Fsp3) is 0.357. The van der Waals surface area contributed by atoms with Gasteiger partial charge in [-0.3, -0.25) is 0 Å². The predicted molar refractivity (Wildman–Crippen MR) is 66.2 cm³/mol. The first-order valence-corrected chi connectivity index (χ1v) is 6.12. The summed E-state index contributed by atoms with van der Waals surface area (Å²) in [5.74, 6) is 1.48. The molecule has 1 heterocycles. The fourth-order valence-electron chi connectivity index (χ4n) is 2.61. The third kappa shape index (κ3) is 1.71. The van der Waals surface area contributed by atoms with Gasteiger partial charge in [0.2, 0.25) is 5.88 Å². The molecule has 2 aromatic rings. The number of nitrogens with zero attached hydrogens (tertiary/aromatic N) is 1. The second kappa shape index (κ2) is 3.91. The van der Waals surface area contributed by atoms with Crippen LogP contribution in [0.3, 0.4) is 0 Å². The lowest BCUT2D eigenvalue weighted by Gasteiger charge is -2.03. The van der Waals surface area contributed by atoms with Gasteiger partial charge in [0.25, 0.3) is 0 Å². The Morgan fingerprint density at radius 3 is 2.47 bits per heavy atom. The molecule has 0 atom stereocenters. The molecule has 1 aliphatic rings. The fourth-order valence-corrected chi connectivity index (χ4v) is 2.61. The van der Waals surface area contributed by atoms with Crippen LogP contribution in [-0.4, -0.2) is 15.1 Å². The van der Waals surface area contributed by atoms with Crippen LogP contribution in [0.5, 0.6) is 5.88 Å². The second-order valence-electron chi connectivity index (χ2n) is 4.65. The molecule has 1 aromatic heterocycles. The Balaban J connectivity index is 1.88. The molecule has 17 heavy (non-hydrogen) atoms. The Hall–Kier alpha value is -1.77. The predicted octanol–water partition coefficient (Wildman–Crippen LogP) is 2.56. The van der Waals surface area contributed by atoms with E-state index in [1.807, 2.05) is 6.92 Å². The average Bonchev–Trinajstić information content (AvgIpc) is 2.91. The summed E-state index contributed by atoms with van der Waals surface area (Å²) in [6, 6.07) is 8.52. The van der Waals surface area contributed by atoms with E-state index in [4.69, 9.17) is 0 Å². The Morgan fingerprint density at radius 2 is 1.94 bits per heavy atom. The van der Waals surface area contributed by atoms with Crippen LogP contribution in [0.25, 0.3) is 0 Å². The first kappa shape index (κ1) is 10.4. The molecule has 3 rings (SSSR count). The lowest BCUT2D eigenvalue weighted by atomic mass is 10.1. The highest BCUT2D eigenvalue weighted by atomic mass is 16.3. The van der Waals surface area contributed by atoms with Gasteiger partial charge < -0.3 is 10.1 Å². The molecule has 0 amide bonds. The van der Waals surface area contributed by atoms with Crippen molar-refractivity contribution in [1.82, 2.24) is 9.97 Å². The van der Waals surface area contributed by atoms with Crippen LogP contribution in [0.4, 0.5) is 0 Å². The Morgan fingerprint density at radius 1 is 1.29 bits per heavy atom. The van der Waals surface area contributed by atoms with Crippen molar-refractivity contribution in [3.05, 3.63) is 46.9 Å². The third-order valence-electron chi connectivity index (χ3n) is 3.57. The molecule has 3 heteroatoms. The molecule has 0 bridgehead atoms. The zero-order valence-electron chi connectivity index (χ0n) is 9.90. The van der Waals surface area contributed by atoms with Crippen LogP contribution < -0.4 is 0 Å². The summed E-state index contributed by atoms with van der Waals surface area (Å²) in [6.45, 7) is 2.01. The number of aromatic hydroxyl groups is 1. The number of H-pyrrole nitrogens is 1. The molecule has 0 saturated heterocycles. The van der Waals surface area contributed by atoms with Crippen molar-refractivity contribution in [2.24, 2.45) is 0 Å². The van der Waals surface area contributed by atoms with Gasteiger partial charge in [0, 0.05) is 5.92 Å². The molecule has 1 aromatic carbocycles. The van der Waals surface area contributed by atoms with Gasteiger partial charge in [0.05, 0.1) is 5.69 Å². The van der Waals surface area contributed by atoms with E-state index in [9.17, 15) is 5.11 Å². The maximum atomic E-state index is 9.67. The molecular weight excluding hydrogens is 212 g/mol. The summed E-state index contributed by atoms with van der Waals surface area (Å²) in [6.07, 6.45) is 2.83. The molecular formula is C14H16N2O. The highest BCUT2D eigenvalue weighted by molar-refractivity contribution is 5.36. The number of hydrogen-bond donors (Lipinski definition) is 2. The number of benzene rings is 1. The third-order valence-corrected chi connectivity index (χ3v) is 3.57. The van der Waals surface area contributed by atoms with Gasteiger partial charge in [-0.2, -0.15) is 4.98 Å². The minimum Gasteiger partial charge on any atom is -0.492 e. The van der Waals surface area contributed by atoms with E-state index in [2.05, 4.69) is 34.2 Å².